The van der Waals surface area contributed by atoms with Gasteiger partial charge in [0.25, 0.3) is 0 Å². The minimum absolute atomic E-state index is 0.0204. The molecule has 3 aliphatic rings. The number of benzene rings is 1. The maximum absolute atomic E-state index is 12.6. The SMILES string of the molecule is CCN(CC)C(=O)N[C@@H]1CN[C@@H]2CC3(CC)C(COC)=Nc4cccc(c43)[C@H]2C1. The molecule has 2 aliphatic heterocycles. The summed E-state index contributed by atoms with van der Waals surface area (Å²) in [4.78, 5) is 19.4. The van der Waals surface area contributed by atoms with Gasteiger partial charge in [0.15, 0.2) is 0 Å². The number of hydrogen-bond donors (Lipinski definition) is 2. The molecule has 0 bridgehead atoms. The molecule has 1 aromatic rings. The first kappa shape index (κ1) is 20.4. The van der Waals surface area contributed by atoms with Gasteiger partial charge in [-0.05, 0) is 50.3 Å². The third-order valence-corrected chi connectivity index (χ3v) is 7.24. The average molecular weight is 399 g/mol. The van der Waals surface area contributed by atoms with E-state index in [-0.39, 0.29) is 17.5 Å². The third-order valence-electron chi connectivity index (χ3n) is 7.24. The van der Waals surface area contributed by atoms with Crippen LogP contribution in [0, 0.1) is 0 Å². The van der Waals surface area contributed by atoms with Crippen molar-refractivity contribution in [1.82, 2.24) is 15.5 Å². The molecular formula is C23H34N4O2. The number of hydrogen-bond acceptors (Lipinski definition) is 4. The Labute approximate surface area is 174 Å². The summed E-state index contributed by atoms with van der Waals surface area (Å²) in [6.07, 6.45) is 3.06. The van der Waals surface area contributed by atoms with Gasteiger partial charge in [0.1, 0.15) is 0 Å². The maximum Gasteiger partial charge on any atom is 0.317 e. The van der Waals surface area contributed by atoms with Crippen molar-refractivity contribution in [2.75, 3.05) is 33.4 Å². The Morgan fingerprint density at radius 2 is 2.14 bits per heavy atom. The number of carbonyl (C=O) groups is 1. The molecule has 158 valence electrons. The largest absolute Gasteiger partial charge is 0.379 e. The van der Waals surface area contributed by atoms with Crippen molar-refractivity contribution in [1.29, 1.82) is 0 Å². The predicted molar refractivity (Wildman–Crippen MR) is 116 cm³/mol. The molecule has 1 saturated heterocycles. The molecular weight excluding hydrogens is 364 g/mol. The van der Waals surface area contributed by atoms with Gasteiger partial charge in [-0.15, -0.1) is 0 Å². The van der Waals surface area contributed by atoms with Crippen molar-refractivity contribution < 1.29 is 9.53 Å². The molecule has 1 aliphatic carbocycles. The van der Waals surface area contributed by atoms with Crippen LogP contribution in [-0.4, -0.2) is 62.1 Å². The summed E-state index contributed by atoms with van der Waals surface area (Å²) in [6.45, 7) is 9.19. The summed E-state index contributed by atoms with van der Waals surface area (Å²) in [7, 11) is 1.75. The van der Waals surface area contributed by atoms with E-state index in [1.165, 1.54) is 16.8 Å². The molecule has 4 rings (SSSR count). The molecule has 29 heavy (non-hydrogen) atoms. The number of nitrogens with one attached hydrogen (secondary N) is 2. The average Bonchev–Trinajstić information content (AvgIpc) is 3.04. The predicted octanol–water partition coefficient (Wildman–Crippen LogP) is 3.34. The summed E-state index contributed by atoms with van der Waals surface area (Å²) in [5, 5.41) is 7.03. The number of fused-ring (bicyclic) bond motifs is 2. The standard InChI is InChI=1S/C23H34N4O2/c1-5-23-12-19-17(11-15(13-24-19)25-22(28)27(6-2)7-3)16-9-8-10-18(21(16)23)26-20(23)14-29-4/h8-10,15,17,19,24H,5-7,11-14H2,1-4H3,(H,25,28)/t15-,17+,19+,23?/m0/s1. The highest BCUT2D eigenvalue weighted by atomic mass is 16.5. The van der Waals surface area contributed by atoms with Crippen LogP contribution < -0.4 is 10.6 Å². The second kappa shape index (κ2) is 8.07. The summed E-state index contributed by atoms with van der Waals surface area (Å²) in [5.74, 6) is 0.400. The molecule has 1 unspecified atom stereocenters. The van der Waals surface area contributed by atoms with Gasteiger partial charge >= 0.3 is 6.03 Å². The summed E-state index contributed by atoms with van der Waals surface area (Å²) >= 11 is 0. The van der Waals surface area contributed by atoms with Crippen LogP contribution in [0.4, 0.5) is 10.5 Å². The number of urea groups is 1. The second-order valence-electron chi connectivity index (χ2n) is 8.55. The summed E-state index contributed by atoms with van der Waals surface area (Å²) in [6, 6.07) is 7.15. The normalized spacial score (nSPS) is 29.7. The van der Waals surface area contributed by atoms with Crippen LogP contribution in [0.5, 0.6) is 0 Å². The molecule has 2 heterocycles. The first-order chi connectivity index (χ1) is 14.1. The smallest absolute Gasteiger partial charge is 0.317 e. The molecule has 0 radical (unpaired) electrons. The van der Waals surface area contributed by atoms with Crippen LogP contribution in [0.2, 0.25) is 0 Å². The fraction of sp³-hybridized carbons (Fsp3) is 0.652. The van der Waals surface area contributed by atoms with Crippen LogP contribution in [0.3, 0.4) is 0 Å². The Hall–Kier alpha value is -1.92. The molecule has 0 saturated carbocycles. The monoisotopic (exact) mass is 398 g/mol. The topological polar surface area (TPSA) is 66.0 Å². The molecule has 2 amide bonds. The number of aliphatic imine (C=N–C) groups is 1. The van der Waals surface area contributed by atoms with E-state index in [4.69, 9.17) is 9.73 Å². The van der Waals surface area contributed by atoms with Crippen molar-refractivity contribution in [3.8, 4) is 0 Å². The lowest BCUT2D eigenvalue weighted by molar-refractivity contribution is 0.185. The van der Waals surface area contributed by atoms with Gasteiger partial charge in [-0.1, -0.05) is 19.1 Å². The molecule has 0 spiro atoms. The fourth-order valence-corrected chi connectivity index (χ4v) is 5.74. The number of ether oxygens (including phenoxy) is 1. The zero-order valence-corrected chi connectivity index (χ0v) is 18.1. The van der Waals surface area contributed by atoms with Crippen molar-refractivity contribution in [2.45, 2.75) is 63.5 Å². The highest BCUT2D eigenvalue weighted by Gasteiger charge is 2.51. The fourth-order valence-electron chi connectivity index (χ4n) is 5.74. The van der Waals surface area contributed by atoms with E-state index in [9.17, 15) is 4.79 Å². The number of rotatable bonds is 6. The molecule has 2 N–H and O–H groups in total. The Kier molecular flexibility index (Phi) is 5.67. The molecule has 6 heteroatoms. The number of methoxy groups -OCH3 is 1. The highest BCUT2D eigenvalue weighted by molar-refractivity contribution is 6.03. The molecule has 0 aromatic heterocycles. The molecule has 1 fully saturated rings. The van der Waals surface area contributed by atoms with Crippen LogP contribution in [-0.2, 0) is 10.2 Å². The van der Waals surface area contributed by atoms with Crippen molar-refractivity contribution in [3.05, 3.63) is 29.3 Å². The van der Waals surface area contributed by atoms with Crippen LogP contribution >= 0.6 is 0 Å². The summed E-state index contributed by atoms with van der Waals surface area (Å²) < 4.78 is 5.52. The number of amides is 2. The Bertz CT molecular complexity index is 804. The van der Waals surface area contributed by atoms with Gasteiger partial charge in [-0.25, -0.2) is 4.79 Å². The number of carbonyl (C=O) groups excluding carboxylic acids is 1. The lowest BCUT2D eigenvalue weighted by atomic mass is 9.60. The van der Waals surface area contributed by atoms with E-state index in [1.807, 2.05) is 18.7 Å². The zero-order valence-electron chi connectivity index (χ0n) is 18.1. The van der Waals surface area contributed by atoms with E-state index in [2.05, 4.69) is 35.8 Å². The van der Waals surface area contributed by atoms with E-state index in [1.54, 1.807) is 7.11 Å². The van der Waals surface area contributed by atoms with Gasteiger partial charge in [-0.3, -0.25) is 4.99 Å². The molecule has 1 aromatic carbocycles. The quantitative estimate of drug-likeness (QED) is 0.772. The second-order valence-corrected chi connectivity index (χ2v) is 8.55. The summed E-state index contributed by atoms with van der Waals surface area (Å²) in [5.41, 5.74) is 5.08. The molecule has 6 nitrogen and oxygen atoms in total. The maximum atomic E-state index is 12.6. The molecule has 4 atom stereocenters. The van der Waals surface area contributed by atoms with Crippen LogP contribution in [0.1, 0.15) is 57.1 Å². The Morgan fingerprint density at radius 1 is 1.34 bits per heavy atom. The minimum Gasteiger partial charge on any atom is -0.379 e. The van der Waals surface area contributed by atoms with Gasteiger partial charge in [-0.2, -0.15) is 0 Å². The van der Waals surface area contributed by atoms with Gasteiger partial charge in [0, 0.05) is 50.2 Å². The van der Waals surface area contributed by atoms with Crippen molar-refractivity contribution in [3.63, 3.8) is 0 Å². The van der Waals surface area contributed by atoms with Gasteiger partial charge in [0.2, 0.25) is 0 Å². The van der Waals surface area contributed by atoms with Gasteiger partial charge in [0.05, 0.1) is 18.0 Å². The first-order valence-electron chi connectivity index (χ1n) is 11.1. The van der Waals surface area contributed by atoms with Crippen LogP contribution in [0.25, 0.3) is 0 Å². The third kappa shape index (κ3) is 3.26. The Balaban J connectivity index is 1.61. The van der Waals surface area contributed by atoms with Crippen molar-refractivity contribution in [2.24, 2.45) is 4.99 Å². The van der Waals surface area contributed by atoms with E-state index in [0.29, 0.717) is 18.6 Å². The Morgan fingerprint density at radius 3 is 2.83 bits per heavy atom. The van der Waals surface area contributed by atoms with E-state index in [0.717, 1.165) is 44.6 Å². The van der Waals surface area contributed by atoms with Crippen LogP contribution in [0.15, 0.2) is 23.2 Å². The van der Waals surface area contributed by atoms with Crippen molar-refractivity contribution >= 4 is 17.4 Å². The number of piperidine rings is 1. The van der Waals surface area contributed by atoms with Gasteiger partial charge < -0.3 is 20.3 Å². The lowest BCUT2D eigenvalue weighted by Crippen LogP contribution is -2.58. The number of nitrogens with zero attached hydrogens (tertiary/aromatic N) is 2. The first-order valence-corrected chi connectivity index (χ1v) is 11.1. The highest BCUT2D eigenvalue weighted by Crippen LogP contribution is 2.54. The lowest BCUT2D eigenvalue weighted by Gasteiger charge is -2.48. The van der Waals surface area contributed by atoms with E-state index >= 15 is 0 Å². The zero-order chi connectivity index (χ0) is 20.6. The minimum atomic E-state index is -0.0204. The van der Waals surface area contributed by atoms with E-state index < -0.39 is 0 Å².